The Hall–Kier alpha value is -0.730. The molecule has 2 fully saturated rings. The lowest BCUT2D eigenvalue weighted by Crippen LogP contribution is -2.42. The highest BCUT2D eigenvalue weighted by molar-refractivity contribution is 5.82. The molecule has 0 radical (unpaired) electrons. The maximum atomic E-state index is 6.21. The highest BCUT2D eigenvalue weighted by Gasteiger charge is 2.25. The summed E-state index contributed by atoms with van der Waals surface area (Å²) in [4.78, 5) is 0. The van der Waals surface area contributed by atoms with Crippen molar-refractivity contribution in [2.45, 2.75) is 77.3 Å². The average molecular weight is 237 g/mol. The third-order valence-electron chi connectivity index (χ3n) is 4.40. The number of nitrogens with two attached hydrogens (primary N) is 1. The molecule has 2 aliphatic rings. The van der Waals surface area contributed by atoms with Crippen molar-refractivity contribution >= 4 is 5.84 Å². The molecule has 2 N–H and O–H groups in total. The van der Waals surface area contributed by atoms with Gasteiger partial charge in [-0.2, -0.15) is 5.10 Å². The average Bonchev–Trinajstić information content (AvgIpc) is 2.35. The van der Waals surface area contributed by atoms with Gasteiger partial charge in [-0.3, -0.25) is 5.01 Å². The SMILES string of the molecule is CC1CCCC(C)N1/N=C(\N)C1CCCCC1. The van der Waals surface area contributed by atoms with Crippen LogP contribution < -0.4 is 5.73 Å². The summed E-state index contributed by atoms with van der Waals surface area (Å²) >= 11 is 0. The maximum Gasteiger partial charge on any atom is 0.122 e. The van der Waals surface area contributed by atoms with E-state index in [0.717, 1.165) is 5.84 Å². The van der Waals surface area contributed by atoms with Crippen LogP contribution in [0.5, 0.6) is 0 Å². The zero-order valence-corrected chi connectivity index (χ0v) is 11.4. The Bertz CT molecular complexity index is 259. The van der Waals surface area contributed by atoms with Crippen molar-refractivity contribution in [2.75, 3.05) is 0 Å². The summed E-state index contributed by atoms with van der Waals surface area (Å²) < 4.78 is 0. The number of nitrogens with zero attached hydrogens (tertiary/aromatic N) is 2. The molecule has 98 valence electrons. The smallest absolute Gasteiger partial charge is 0.122 e. The van der Waals surface area contributed by atoms with Gasteiger partial charge in [0.15, 0.2) is 0 Å². The Kier molecular flexibility index (Phi) is 4.30. The molecule has 3 heteroatoms. The molecule has 1 aliphatic heterocycles. The number of hydrogen-bond acceptors (Lipinski definition) is 2. The molecule has 0 bridgehead atoms. The largest absolute Gasteiger partial charge is 0.385 e. The second-order valence-electron chi connectivity index (χ2n) is 5.87. The normalized spacial score (nSPS) is 32.8. The Balaban J connectivity index is 2.00. The van der Waals surface area contributed by atoms with Crippen LogP contribution in [0.25, 0.3) is 0 Å². The molecule has 0 aromatic heterocycles. The molecular weight excluding hydrogens is 210 g/mol. The van der Waals surface area contributed by atoms with Crippen LogP contribution in [-0.2, 0) is 0 Å². The van der Waals surface area contributed by atoms with Crippen molar-refractivity contribution in [1.29, 1.82) is 0 Å². The number of hydrazone groups is 1. The minimum atomic E-state index is 0.546. The summed E-state index contributed by atoms with van der Waals surface area (Å²) in [6.07, 6.45) is 10.4. The van der Waals surface area contributed by atoms with E-state index in [1.54, 1.807) is 0 Å². The fourth-order valence-corrected chi connectivity index (χ4v) is 3.22. The number of rotatable bonds is 2. The molecule has 17 heavy (non-hydrogen) atoms. The summed E-state index contributed by atoms with van der Waals surface area (Å²) in [5.41, 5.74) is 6.21. The predicted octanol–water partition coefficient (Wildman–Crippen LogP) is 3.10. The summed E-state index contributed by atoms with van der Waals surface area (Å²) in [6.45, 7) is 4.54. The van der Waals surface area contributed by atoms with Crippen LogP contribution in [0.4, 0.5) is 0 Å². The molecule has 1 heterocycles. The minimum absolute atomic E-state index is 0.546. The van der Waals surface area contributed by atoms with E-state index in [2.05, 4.69) is 18.9 Å². The second kappa shape index (κ2) is 5.74. The van der Waals surface area contributed by atoms with Crippen LogP contribution in [0.15, 0.2) is 5.10 Å². The van der Waals surface area contributed by atoms with E-state index < -0.39 is 0 Å². The molecule has 1 saturated heterocycles. The number of piperidine rings is 1. The van der Waals surface area contributed by atoms with Gasteiger partial charge < -0.3 is 5.73 Å². The first-order valence-electron chi connectivity index (χ1n) is 7.31. The van der Waals surface area contributed by atoms with Crippen LogP contribution in [-0.4, -0.2) is 22.9 Å². The van der Waals surface area contributed by atoms with Crippen LogP contribution in [0.1, 0.15) is 65.2 Å². The standard InChI is InChI=1S/C14H27N3/c1-11-7-6-8-12(2)17(11)16-14(15)13-9-4-3-5-10-13/h11-13H,3-10H2,1-2H3,(H2,15,16). The monoisotopic (exact) mass is 237 g/mol. The van der Waals surface area contributed by atoms with Gasteiger partial charge in [0.05, 0.1) is 0 Å². The van der Waals surface area contributed by atoms with Crippen molar-refractivity contribution in [3.63, 3.8) is 0 Å². The molecule has 1 saturated carbocycles. The highest BCUT2D eigenvalue weighted by Crippen LogP contribution is 2.26. The fraction of sp³-hybridized carbons (Fsp3) is 0.929. The quantitative estimate of drug-likeness (QED) is 0.592. The van der Waals surface area contributed by atoms with E-state index in [1.165, 1.54) is 51.4 Å². The second-order valence-corrected chi connectivity index (χ2v) is 5.87. The zero-order chi connectivity index (χ0) is 12.3. The van der Waals surface area contributed by atoms with Crippen molar-refractivity contribution < 1.29 is 0 Å². The lowest BCUT2D eigenvalue weighted by atomic mass is 9.88. The Morgan fingerprint density at radius 1 is 0.941 bits per heavy atom. The molecule has 2 unspecified atom stereocenters. The van der Waals surface area contributed by atoms with Crippen LogP contribution in [0, 0.1) is 5.92 Å². The van der Waals surface area contributed by atoms with Crippen LogP contribution in [0.2, 0.25) is 0 Å². The van der Waals surface area contributed by atoms with Crippen molar-refractivity contribution in [2.24, 2.45) is 16.8 Å². The van der Waals surface area contributed by atoms with Crippen LogP contribution in [0.3, 0.4) is 0 Å². The van der Waals surface area contributed by atoms with Crippen molar-refractivity contribution in [3.05, 3.63) is 0 Å². The fourth-order valence-electron chi connectivity index (χ4n) is 3.22. The molecule has 1 aliphatic carbocycles. The molecular formula is C14H27N3. The van der Waals surface area contributed by atoms with E-state index in [9.17, 15) is 0 Å². The molecule has 0 aromatic rings. The molecule has 0 spiro atoms. The summed E-state index contributed by atoms with van der Waals surface area (Å²) in [5.74, 6) is 1.44. The van der Waals surface area contributed by atoms with E-state index in [1.807, 2.05) is 0 Å². The topological polar surface area (TPSA) is 41.6 Å². The van der Waals surface area contributed by atoms with Gasteiger partial charge >= 0.3 is 0 Å². The first kappa shape index (κ1) is 12.7. The van der Waals surface area contributed by atoms with Gasteiger partial charge in [0.1, 0.15) is 5.84 Å². The molecule has 2 atom stereocenters. The van der Waals surface area contributed by atoms with E-state index >= 15 is 0 Å². The Morgan fingerprint density at radius 3 is 2.12 bits per heavy atom. The molecule has 0 amide bonds. The van der Waals surface area contributed by atoms with Crippen LogP contribution >= 0.6 is 0 Å². The van der Waals surface area contributed by atoms with Gasteiger partial charge in [0.2, 0.25) is 0 Å². The first-order valence-corrected chi connectivity index (χ1v) is 7.31. The van der Waals surface area contributed by atoms with Gasteiger partial charge in [0, 0.05) is 18.0 Å². The summed E-state index contributed by atoms with van der Waals surface area (Å²) in [6, 6.07) is 1.11. The first-order chi connectivity index (χ1) is 8.18. The number of amidine groups is 1. The zero-order valence-electron chi connectivity index (χ0n) is 11.4. The van der Waals surface area contributed by atoms with Gasteiger partial charge in [0.25, 0.3) is 0 Å². The lowest BCUT2D eigenvalue weighted by Gasteiger charge is -2.37. The Morgan fingerprint density at radius 2 is 1.53 bits per heavy atom. The van der Waals surface area contributed by atoms with Gasteiger partial charge in [-0.1, -0.05) is 19.3 Å². The van der Waals surface area contributed by atoms with Gasteiger partial charge in [-0.15, -0.1) is 0 Å². The lowest BCUT2D eigenvalue weighted by molar-refractivity contribution is 0.107. The van der Waals surface area contributed by atoms with E-state index in [4.69, 9.17) is 10.8 Å². The molecule has 3 nitrogen and oxygen atoms in total. The predicted molar refractivity (Wildman–Crippen MR) is 72.8 cm³/mol. The third kappa shape index (κ3) is 3.14. The highest BCUT2D eigenvalue weighted by atomic mass is 15.5. The van der Waals surface area contributed by atoms with E-state index in [0.29, 0.717) is 18.0 Å². The third-order valence-corrected chi connectivity index (χ3v) is 4.40. The van der Waals surface area contributed by atoms with E-state index in [-0.39, 0.29) is 0 Å². The minimum Gasteiger partial charge on any atom is -0.385 e. The van der Waals surface area contributed by atoms with Gasteiger partial charge in [-0.05, 0) is 46.0 Å². The Labute approximate surface area is 105 Å². The maximum absolute atomic E-state index is 6.21. The summed E-state index contributed by atoms with van der Waals surface area (Å²) in [5, 5.41) is 7.01. The van der Waals surface area contributed by atoms with Crippen molar-refractivity contribution in [1.82, 2.24) is 5.01 Å². The number of hydrogen-bond donors (Lipinski definition) is 1. The van der Waals surface area contributed by atoms with Crippen molar-refractivity contribution in [3.8, 4) is 0 Å². The molecule has 2 rings (SSSR count). The molecule has 0 aromatic carbocycles. The summed E-state index contributed by atoms with van der Waals surface area (Å²) in [7, 11) is 0. The van der Waals surface area contributed by atoms with Gasteiger partial charge in [-0.25, -0.2) is 0 Å².